The fourth-order valence-electron chi connectivity index (χ4n) is 1.08. The van der Waals surface area contributed by atoms with Crippen LogP contribution >= 0.6 is 0 Å². The van der Waals surface area contributed by atoms with E-state index in [0.717, 1.165) is 0 Å². The van der Waals surface area contributed by atoms with Crippen molar-refractivity contribution in [2.45, 2.75) is 6.92 Å². The van der Waals surface area contributed by atoms with E-state index >= 15 is 0 Å². The van der Waals surface area contributed by atoms with Gasteiger partial charge < -0.3 is 9.73 Å². The van der Waals surface area contributed by atoms with E-state index in [1.165, 1.54) is 12.4 Å². The Morgan fingerprint density at radius 3 is 2.65 bits per heavy atom. The molecule has 0 unspecified atom stereocenters. The van der Waals surface area contributed by atoms with Crippen molar-refractivity contribution in [1.29, 1.82) is 0 Å². The monoisotopic (exact) mass is 234 g/mol. The van der Waals surface area contributed by atoms with Crippen LogP contribution in [0.5, 0.6) is 0 Å². The standard InChI is InChI=1S/C9H10N6O2/c1-5-14-15-9(17-5)13-8(16)6-3-12-7(10-2)4-11-6/h3-4H,1-2H3,(H,10,12)(H,13,15,16). The number of anilines is 2. The number of carbonyl (C=O) groups excluding carboxylic acids is 1. The molecule has 2 rings (SSSR count). The van der Waals surface area contributed by atoms with Crippen LogP contribution < -0.4 is 10.6 Å². The molecule has 8 nitrogen and oxygen atoms in total. The maximum atomic E-state index is 11.7. The highest BCUT2D eigenvalue weighted by Crippen LogP contribution is 2.06. The predicted octanol–water partition coefficient (Wildman–Crippen LogP) is 0.462. The molecule has 17 heavy (non-hydrogen) atoms. The zero-order chi connectivity index (χ0) is 12.3. The first-order valence-corrected chi connectivity index (χ1v) is 4.80. The highest BCUT2D eigenvalue weighted by Gasteiger charge is 2.11. The van der Waals surface area contributed by atoms with Crippen molar-refractivity contribution in [3.63, 3.8) is 0 Å². The molecule has 0 aromatic carbocycles. The van der Waals surface area contributed by atoms with Gasteiger partial charge in [0.2, 0.25) is 5.89 Å². The smallest absolute Gasteiger partial charge is 0.322 e. The SMILES string of the molecule is CNc1cnc(C(=O)Nc2nnc(C)o2)cn1. The Morgan fingerprint density at radius 1 is 1.29 bits per heavy atom. The van der Waals surface area contributed by atoms with Gasteiger partial charge in [-0.2, -0.15) is 0 Å². The quantitative estimate of drug-likeness (QED) is 0.794. The van der Waals surface area contributed by atoms with Gasteiger partial charge in [-0.15, -0.1) is 5.10 Å². The van der Waals surface area contributed by atoms with E-state index in [4.69, 9.17) is 4.42 Å². The molecule has 88 valence electrons. The minimum Gasteiger partial charge on any atom is -0.408 e. The molecule has 0 saturated carbocycles. The van der Waals surface area contributed by atoms with Crippen molar-refractivity contribution < 1.29 is 9.21 Å². The van der Waals surface area contributed by atoms with Gasteiger partial charge in [-0.05, 0) is 0 Å². The third kappa shape index (κ3) is 2.54. The van der Waals surface area contributed by atoms with Crippen LogP contribution in [0.15, 0.2) is 16.8 Å². The molecule has 0 fully saturated rings. The molecule has 0 bridgehead atoms. The molecule has 2 aromatic rings. The second-order valence-electron chi connectivity index (χ2n) is 3.12. The van der Waals surface area contributed by atoms with Crippen molar-refractivity contribution in [3.8, 4) is 0 Å². The number of carbonyl (C=O) groups is 1. The fourth-order valence-corrected chi connectivity index (χ4v) is 1.08. The summed E-state index contributed by atoms with van der Waals surface area (Å²) in [4.78, 5) is 19.6. The molecule has 0 spiro atoms. The van der Waals surface area contributed by atoms with E-state index in [-0.39, 0.29) is 11.7 Å². The number of aryl methyl sites for hydroxylation is 1. The van der Waals surface area contributed by atoms with Crippen LogP contribution in [0.2, 0.25) is 0 Å². The van der Waals surface area contributed by atoms with Crippen LogP contribution in [0.4, 0.5) is 11.8 Å². The Kier molecular flexibility index (Phi) is 2.95. The van der Waals surface area contributed by atoms with Crippen molar-refractivity contribution in [2.24, 2.45) is 0 Å². The van der Waals surface area contributed by atoms with E-state index < -0.39 is 5.91 Å². The van der Waals surface area contributed by atoms with Crippen LogP contribution in [-0.4, -0.2) is 33.1 Å². The molecule has 0 aliphatic rings. The molecule has 2 N–H and O–H groups in total. The van der Waals surface area contributed by atoms with E-state index in [0.29, 0.717) is 11.7 Å². The second kappa shape index (κ2) is 4.56. The van der Waals surface area contributed by atoms with E-state index in [9.17, 15) is 4.79 Å². The number of hydrogen-bond acceptors (Lipinski definition) is 7. The van der Waals surface area contributed by atoms with E-state index in [1.807, 2.05) is 0 Å². The summed E-state index contributed by atoms with van der Waals surface area (Å²) in [5, 5.41) is 12.4. The van der Waals surface area contributed by atoms with Gasteiger partial charge in [0, 0.05) is 14.0 Å². The van der Waals surface area contributed by atoms with Crippen LogP contribution in [0.1, 0.15) is 16.4 Å². The molecule has 8 heteroatoms. The van der Waals surface area contributed by atoms with Crippen LogP contribution in [0.3, 0.4) is 0 Å². The zero-order valence-corrected chi connectivity index (χ0v) is 9.26. The summed E-state index contributed by atoms with van der Waals surface area (Å²) in [5.41, 5.74) is 0.167. The maximum Gasteiger partial charge on any atom is 0.322 e. The molecule has 2 aromatic heterocycles. The molecule has 0 atom stereocenters. The number of nitrogens with one attached hydrogen (secondary N) is 2. The van der Waals surface area contributed by atoms with Gasteiger partial charge in [-0.25, -0.2) is 9.97 Å². The summed E-state index contributed by atoms with van der Waals surface area (Å²) in [5.74, 6) is 0.496. The first-order chi connectivity index (χ1) is 8.19. The molecule has 0 aliphatic carbocycles. The topological polar surface area (TPSA) is 106 Å². The van der Waals surface area contributed by atoms with Crippen LogP contribution in [0, 0.1) is 6.92 Å². The Morgan fingerprint density at radius 2 is 2.12 bits per heavy atom. The maximum absolute atomic E-state index is 11.7. The molecular formula is C9H10N6O2. The van der Waals surface area contributed by atoms with Gasteiger partial charge in [0.1, 0.15) is 11.5 Å². The molecule has 0 saturated heterocycles. The average molecular weight is 234 g/mol. The minimum absolute atomic E-state index is 0.0343. The summed E-state index contributed by atoms with van der Waals surface area (Å²) < 4.78 is 5.01. The molecule has 1 amide bonds. The van der Waals surface area contributed by atoms with E-state index in [2.05, 4.69) is 30.8 Å². The van der Waals surface area contributed by atoms with Crippen molar-refractivity contribution >= 4 is 17.7 Å². The summed E-state index contributed by atoms with van der Waals surface area (Å²) in [7, 11) is 1.71. The lowest BCUT2D eigenvalue weighted by Crippen LogP contribution is -2.14. The highest BCUT2D eigenvalue weighted by molar-refractivity contribution is 6.01. The van der Waals surface area contributed by atoms with Crippen molar-refractivity contribution in [3.05, 3.63) is 24.0 Å². The summed E-state index contributed by atoms with van der Waals surface area (Å²) in [6, 6.07) is 0.0343. The Labute approximate surface area is 96.5 Å². The Balaban J connectivity index is 2.09. The molecule has 0 aliphatic heterocycles. The summed E-state index contributed by atoms with van der Waals surface area (Å²) in [6.07, 6.45) is 2.80. The Bertz CT molecular complexity index is 521. The van der Waals surface area contributed by atoms with Crippen molar-refractivity contribution in [1.82, 2.24) is 20.2 Å². The summed E-state index contributed by atoms with van der Waals surface area (Å²) in [6.45, 7) is 1.63. The number of rotatable bonds is 3. The van der Waals surface area contributed by atoms with Gasteiger partial charge in [-0.3, -0.25) is 10.1 Å². The van der Waals surface area contributed by atoms with Crippen molar-refractivity contribution in [2.75, 3.05) is 17.7 Å². The predicted molar refractivity (Wildman–Crippen MR) is 58.6 cm³/mol. The van der Waals surface area contributed by atoms with E-state index in [1.54, 1.807) is 14.0 Å². The number of nitrogens with zero attached hydrogens (tertiary/aromatic N) is 4. The fraction of sp³-hybridized carbons (Fsp3) is 0.222. The van der Waals surface area contributed by atoms with Gasteiger partial charge >= 0.3 is 6.01 Å². The second-order valence-corrected chi connectivity index (χ2v) is 3.12. The number of amides is 1. The van der Waals surface area contributed by atoms with Gasteiger partial charge in [0.05, 0.1) is 12.4 Å². The number of hydrogen-bond donors (Lipinski definition) is 2. The van der Waals surface area contributed by atoms with Gasteiger partial charge in [0.15, 0.2) is 0 Å². The van der Waals surface area contributed by atoms with Gasteiger partial charge in [-0.1, -0.05) is 5.10 Å². The minimum atomic E-state index is -0.455. The lowest BCUT2D eigenvalue weighted by molar-refractivity contribution is 0.101. The first kappa shape index (κ1) is 11.0. The lowest BCUT2D eigenvalue weighted by atomic mass is 10.4. The zero-order valence-electron chi connectivity index (χ0n) is 9.26. The van der Waals surface area contributed by atoms with Gasteiger partial charge in [0.25, 0.3) is 5.91 Å². The highest BCUT2D eigenvalue weighted by atomic mass is 16.4. The normalized spacial score (nSPS) is 10.0. The molecule has 2 heterocycles. The molecule has 0 radical (unpaired) electrons. The van der Waals surface area contributed by atoms with Crippen LogP contribution in [0.25, 0.3) is 0 Å². The third-order valence-corrected chi connectivity index (χ3v) is 1.89. The summed E-state index contributed by atoms with van der Waals surface area (Å²) >= 11 is 0. The van der Waals surface area contributed by atoms with Crippen LogP contribution in [-0.2, 0) is 0 Å². The average Bonchev–Trinajstić information content (AvgIpc) is 2.75. The number of aromatic nitrogens is 4. The lowest BCUT2D eigenvalue weighted by Gasteiger charge is -2.00. The first-order valence-electron chi connectivity index (χ1n) is 4.80. The molecular weight excluding hydrogens is 224 g/mol. The Hall–Kier alpha value is -2.51. The largest absolute Gasteiger partial charge is 0.408 e. The third-order valence-electron chi connectivity index (χ3n) is 1.89.